The van der Waals surface area contributed by atoms with Gasteiger partial charge in [0.15, 0.2) is 0 Å². The van der Waals surface area contributed by atoms with Gasteiger partial charge >= 0.3 is 11.9 Å². The first-order valence-corrected chi connectivity index (χ1v) is 5.02. The Bertz CT molecular complexity index is 233. The van der Waals surface area contributed by atoms with Crippen LogP contribution < -0.4 is 11.5 Å². The van der Waals surface area contributed by atoms with Crippen molar-refractivity contribution < 1.29 is 14.3 Å². The molecule has 5 heteroatoms. The van der Waals surface area contributed by atoms with E-state index < -0.39 is 23.0 Å². The molecule has 0 saturated carbocycles. The highest BCUT2D eigenvalue weighted by atomic mass is 16.6. The third kappa shape index (κ3) is 3.60. The minimum Gasteiger partial charge on any atom is -0.390 e. The van der Waals surface area contributed by atoms with Crippen molar-refractivity contribution in [3.05, 3.63) is 0 Å². The monoisotopic (exact) mass is 216 g/mol. The van der Waals surface area contributed by atoms with Crippen molar-refractivity contribution in [3.8, 4) is 0 Å². The number of hydrogen-bond donors (Lipinski definition) is 2. The molecule has 0 heterocycles. The molecule has 0 spiro atoms. The molecule has 0 unspecified atom stereocenters. The molecule has 0 fully saturated rings. The van der Waals surface area contributed by atoms with Gasteiger partial charge in [0.1, 0.15) is 11.1 Å². The fraction of sp³-hybridized carbons (Fsp3) is 0.800. The maximum Gasteiger partial charge on any atom is 0.333 e. The van der Waals surface area contributed by atoms with Gasteiger partial charge in [-0.25, -0.2) is 9.59 Å². The van der Waals surface area contributed by atoms with E-state index >= 15 is 0 Å². The molecule has 5 nitrogen and oxygen atoms in total. The van der Waals surface area contributed by atoms with E-state index in [1.54, 1.807) is 13.8 Å². The van der Waals surface area contributed by atoms with Gasteiger partial charge in [-0.2, -0.15) is 0 Å². The molecule has 0 aliphatic rings. The van der Waals surface area contributed by atoms with Crippen LogP contribution in [0, 0.1) is 0 Å². The minimum absolute atomic E-state index is 0.395. The molecule has 0 rings (SSSR count). The zero-order valence-electron chi connectivity index (χ0n) is 9.79. The Morgan fingerprint density at radius 2 is 1.27 bits per heavy atom. The largest absolute Gasteiger partial charge is 0.390 e. The lowest BCUT2D eigenvalue weighted by atomic mass is 9.99. The highest BCUT2D eigenvalue weighted by Gasteiger charge is 2.35. The number of rotatable bonds is 4. The molecule has 15 heavy (non-hydrogen) atoms. The summed E-state index contributed by atoms with van der Waals surface area (Å²) in [5.74, 6) is -1.47. The number of ether oxygens (including phenoxy) is 1. The van der Waals surface area contributed by atoms with Gasteiger partial charge in [0, 0.05) is 0 Å². The fourth-order valence-corrected chi connectivity index (χ4v) is 0.606. The molecule has 0 radical (unpaired) electrons. The van der Waals surface area contributed by atoms with Crippen LogP contribution in [0.1, 0.15) is 40.5 Å². The fourth-order valence-electron chi connectivity index (χ4n) is 0.606. The molecule has 0 saturated heterocycles. The summed E-state index contributed by atoms with van der Waals surface area (Å²) in [4.78, 5) is 22.9. The summed E-state index contributed by atoms with van der Waals surface area (Å²) in [5, 5.41) is 0. The Morgan fingerprint density at radius 1 is 1.00 bits per heavy atom. The quantitative estimate of drug-likeness (QED) is 0.521. The summed E-state index contributed by atoms with van der Waals surface area (Å²) in [6.07, 6.45) is 0.791. The van der Waals surface area contributed by atoms with Crippen LogP contribution in [0.15, 0.2) is 0 Å². The van der Waals surface area contributed by atoms with E-state index in [2.05, 4.69) is 4.74 Å². The summed E-state index contributed by atoms with van der Waals surface area (Å²) in [6, 6.07) is 0. The summed E-state index contributed by atoms with van der Waals surface area (Å²) >= 11 is 0. The van der Waals surface area contributed by atoms with Crippen LogP contribution in [0.25, 0.3) is 0 Å². The van der Waals surface area contributed by atoms with E-state index in [-0.39, 0.29) is 0 Å². The lowest BCUT2D eigenvalue weighted by molar-refractivity contribution is -0.166. The van der Waals surface area contributed by atoms with Gasteiger partial charge in [-0.1, -0.05) is 13.8 Å². The van der Waals surface area contributed by atoms with Crippen molar-refractivity contribution in [2.24, 2.45) is 11.5 Å². The van der Waals surface area contributed by atoms with E-state index in [9.17, 15) is 9.59 Å². The second-order valence-electron chi connectivity index (χ2n) is 4.22. The first kappa shape index (κ1) is 14.1. The van der Waals surface area contributed by atoms with Crippen molar-refractivity contribution >= 4 is 11.9 Å². The molecule has 4 N–H and O–H groups in total. The number of carbonyl (C=O) groups is 2. The smallest absolute Gasteiger partial charge is 0.333 e. The lowest BCUT2D eigenvalue weighted by Crippen LogP contribution is -2.51. The van der Waals surface area contributed by atoms with E-state index in [1.165, 1.54) is 13.8 Å². The second kappa shape index (κ2) is 4.72. The molecule has 0 aliphatic heterocycles. The second-order valence-corrected chi connectivity index (χ2v) is 4.22. The van der Waals surface area contributed by atoms with Crippen molar-refractivity contribution in [2.45, 2.75) is 51.6 Å². The maximum absolute atomic E-state index is 11.4. The normalized spacial score (nSPS) is 18.8. The topological polar surface area (TPSA) is 95.4 Å². The predicted molar refractivity (Wildman–Crippen MR) is 56.9 cm³/mol. The lowest BCUT2D eigenvalue weighted by Gasteiger charge is -2.24. The summed E-state index contributed by atoms with van der Waals surface area (Å²) < 4.78 is 4.63. The van der Waals surface area contributed by atoms with Gasteiger partial charge < -0.3 is 16.2 Å². The van der Waals surface area contributed by atoms with Gasteiger partial charge in [0.25, 0.3) is 0 Å². The van der Waals surface area contributed by atoms with Crippen LogP contribution in [0.3, 0.4) is 0 Å². The van der Waals surface area contributed by atoms with E-state index in [0.29, 0.717) is 12.8 Å². The van der Waals surface area contributed by atoms with Gasteiger partial charge in [0.05, 0.1) is 0 Å². The van der Waals surface area contributed by atoms with Crippen molar-refractivity contribution in [1.82, 2.24) is 0 Å². The molecule has 0 aromatic rings. The van der Waals surface area contributed by atoms with Gasteiger partial charge in [-0.05, 0) is 26.7 Å². The van der Waals surface area contributed by atoms with Crippen LogP contribution in [-0.4, -0.2) is 23.0 Å². The van der Waals surface area contributed by atoms with Crippen LogP contribution in [-0.2, 0) is 14.3 Å². The first-order chi connectivity index (χ1) is 6.67. The molecule has 2 atom stereocenters. The Morgan fingerprint density at radius 3 is 1.47 bits per heavy atom. The van der Waals surface area contributed by atoms with Crippen molar-refractivity contribution in [2.75, 3.05) is 0 Å². The summed E-state index contributed by atoms with van der Waals surface area (Å²) in [5.41, 5.74) is 8.97. The van der Waals surface area contributed by atoms with Crippen LogP contribution in [0.2, 0.25) is 0 Å². The zero-order valence-corrected chi connectivity index (χ0v) is 9.79. The average Bonchev–Trinajstić information content (AvgIpc) is 2.17. The molecule has 0 amide bonds. The summed E-state index contributed by atoms with van der Waals surface area (Å²) in [6.45, 7) is 6.52. The third-order valence-electron chi connectivity index (χ3n) is 2.59. The van der Waals surface area contributed by atoms with Gasteiger partial charge in [-0.3, -0.25) is 0 Å². The van der Waals surface area contributed by atoms with Gasteiger partial charge in [-0.15, -0.1) is 0 Å². The van der Waals surface area contributed by atoms with Crippen LogP contribution in [0.5, 0.6) is 0 Å². The maximum atomic E-state index is 11.4. The highest BCUT2D eigenvalue weighted by molar-refractivity contribution is 5.94. The van der Waals surface area contributed by atoms with Crippen LogP contribution >= 0.6 is 0 Å². The SMILES string of the molecule is CC[C@@](C)(N)C(=O)OC(=O)[C@](C)(N)CC. The van der Waals surface area contributed by atoms with E-state index in [1.807, 2.05) is 0 Å². The first-order valence-electron chi connectivity index (χ1n) is 5.02. The third-order valence-corrected chi connectivity index (χ3v) is 2.59. The minimum atomic E-state index is -1.14. The van der Waals surface area contributed by atoms with Crippen LogP contribution in [0.4, 0.5) is 0 Å². The highest BCUT2D eigenvalue weighted by Crippen LogP contribution is 2.12. The molecule has 0 aromatic heterocycles. The summed E-state index contributed by atoms with van der Waals surface area (Å²) in [7, 11) is 0. The molecule has 88 valence electrons. The number of carbonyl (C=O) groups excluding carboxylic acids is 2. The average molecular weight is 216 g/mol. The molecular formula is C10H20N2O3. The number of hydrogen-bond acceptors (Lipinski definition) is 5. The standard InChI is InChI=1S/C10H20N2O3/c1-5-9(3,11)7(13)15-8(14)10(4,12)6-2/h5-6,11-12H2,1-4H3/t9-,10-/m1/s1. The molecule has 0 aliphatic carbocycles. The van der Waals surface area contributed by atoms with Gasteiger partial charge in [0.2, 0.25) is 0 Å². The Kier molecular flexibility index (Phi) is 4.42. The number of nitrogens with two attached hydrogens (primary N) is 2. The number of esters is 2. The Hall–Kier alpha value is -0.940. The van der Waals surface area contributed by atoms with E-state index in [4.69, 9.17) is 11.5 Å². The van der Waals surface area contributed by atoms with Crippen molar-refractivity contribution in [3.63, 3.8) is 0 Å². The molecule has 0 bridgehead atoms. The van der Waals surface area contributed by atoms with Crippen molar-refractivity contribution in [1.29, 1.82) is 0 Å². The predicted octanol–water partition coefficient (Wildman–Crippen LogP) is 0.311. The Labute approximate surface area is 90.1 Å². The zero-order chi connectivity index (χ0) is 12.3. The Balaban J connectivity index is 4.51. The molecular weight excluding hydrogens is 196 g/mol. The van der Waals surface area contributed by atoms with E-state index in [0.717, 1.165) is 0 Å². The molecule has 0 aromatic carbocycles.